The summed E-state index contributed by atoms with van der Waals surface area (Å²) >= 11 is 0. The van der Waals surface area contributed by atoms with Gasteiger partial charge in [-0.3, -0.25) is 19.3 Å². The Morgan fingerprint density at radius 2 is 1.73 bits per heavy atom. The van der Waals surface area contributed by atoms with E-state index in [1.54, 1.807) is 48.0 Å². The van der Waals surface area contributed by atoms with Crippen LogP contribution in [0.2, 0.25) is 0 Å². The van der Waals surface area contributed by atoms with Gasteiger partial charge in [0, 0.05) is 18.3 Å². The molecule has 0 fully saturated rings. The Labute approximate surface area is 189 Å². The number of hydrogen-bond donors (Lipinski definition) is 2. The van der Waals surface area contributed by atoms with Crippen molar-refractivity contribution in [1.29, 1.82) is 0 Å². The molecule has 2 heterocycles. The first-order valence-corrected chi connectivity index (χ1v) is 10.6. The predicted octanol–water partition coefficient (Wildman–Crippen LogP) is 4.01. The Hall–Kier alpha value is -4.52. The van der Waals surface area contributed by atoms with Crippen molar-refractivity contribution in [1.82, 2.24) is 25.1 Å². The number of H-pyrrole nitrogens is 1. The molecule has 5 aromatic rings. The number of amides is 1. The monoisotopic (exact) mass is 435 g/mol. The molecule has 0 saturated heterocycles. The third-order valence-corrected chi connectivity index (χ3v) is 5.55. The Morgan fingerprint density at radius 3 is 2.45 bits per heavy atom. The van der Waals surface area contributed by atoms with Crippen molar-refractivity contribution in [3.8, 4) is 16.9 Å². The molecule has 2 aromatic heterocycles. The normalized spacial score (nSPS) is 10.9. The summed E-state index contributed by atoms with van der Waals surface area (Å²) in [6, 6.07) is 24.1. The van der Waals surface area contributed by atoms with Crippen LogP contribution in [0.3, 0.4) is 0 Å². The number of carbonyl (C=O) groups is 1. The molecule has 0 spiro atoms. The lowest BCUT2D eigenvalue weighted by atomic mass is 10.1. The fraction of sp³-hybridized carbons (Fsp3) is 0.0769. The van der Waals surface area contributed by atoms with Gasteiger partial charge in [0.1, 0.15) is 5.82 Å². The van der Waals surface area contributed by atoms with E-state index < -0.39 is 0 Å². The van der Waals surface area contributed by atoms with Crippen LogP contribution in [0.5, 0.6) is 0 Å². The molecule has 0 aliphatic carbocycles. The molecule has 5 rings (SSSR count). The number of rotatable bonds is 5. The average Bonchev–Trinajstić information content (AvgIpc) is 3.38. The van der Waals surface area contributed by atoms with Crippen molar-refractivity contribution in [2.24, 2.45) is 0 Å². The maximum atomic E-state index is 13.0. The fourth-order valence-corrected chi connectivity index (χ4v) is 3.81. The Balaban J connectivity index is 1.30. The van der Waals surface area contributed by atoms with Crippen LogP contribution in [-0.2, 0) is 6.54 Å². The minimum absolute atomic E-state index is 0.131. The topological polar surface area (TPSA) is 92.7 Å². The highest BCUT2D eigenvalue weighted by molar-refractivity contribution is 5.94. The fourth-order valence-electron chi connectivity index (χ4n) is 3.81. The number of aromatic amines is 1. The molecule has 0 atom stereocenters. The summed E-state index contributed by atoms with van der Waals surface area (Å²) in [7, 11) is 0. The summed E-state index contributed by atoms with van der Waals surface area (Å²) in [5, 5.41) is 10.4. The van der Waals surface area contributed by atoms with Gasteiger partial charge < -0.3 is 5.32 Å². The SMILES string of the molecule is Cc1nc2ccccc2c(=O)n1-c1ccc(C(=O)NCc2ccc(-c3ccn[nH]3)cc2)cc1. The number of para-hydroxylation sites is 1. The van der Waals surface area contributed by atoms with Crippen LogP contribution in [0.4, 0.5) is 0 Å². The average molecular weight is 435 g/mol. The summed E-state index contributed by atoms with van der Waals surface area (Å²) in [6.45, 7) is 2.21. The zero-order valence-electron chi connectivity index (χ0n) is 17.9. The number of benzene rings is 3. The summed E-state index contributed by atoms with van der Waals surface area (Å²) in [6.07, 6.45) is 1.71. The Bertz CT molecular complexity index is 1490. The maximum absolute atomic E-state index is 13.0. The molecular weight excluding hydrogens is 414 g/mol. The molecule has 33 heavy (non-hydrogen) atoms. The third-order valence-electron chi connectivity index (χ3n) is 5.55. The van der Waals surface area contributed by atoms with Gasteiger partial charge in [-0.2, -0.15) is 5.10 Å². The molecule has 0 bridgehead atoms. The van der Waals surface area contributed by atoms with Crippen molar-refractivity contribution in [2.75, 3.05) is 0 Å². The lowest BCUT2D eigenvalue weighted by Crippen LogP contribution is -2.24. The van der Waals surface area contributed by atoms with Crippen LogP contribution in [-0.4, -0.2) is 25.7 Å². The maximum Gasteiger partial charge on any atom is 0.265 e. The highest BCUT2D eigenvalue weighted by Crippen LogP contribution is 2.17. The van der Waals surface area contributed by atoms with Crippen molar-refractivity contribution in [2.45, 2.75) is 13.5 Å². The second-order valence-electron chi connectivity index (χ2n) is 7.71. The van der Waals surface area contributed by atoms with Gasteiger partial charge in [0.05, 0.1) is 22.3 Å². The number of hydrogen-bond acceptors (Lipinski definition) is 4. The smallest absolute Gasteiger partial charge is 0.265 e. The highest BCUT2D eigenvalue weighted by Gasteiger charge is 2.11. The molecule has 0 unspecified atom stereocenters. The molecule has 7 heteroatoms. The summed E-state index contributed by atoms with van der Waals surface area (Å²) in [5.74, 6) is 0.411. The molecule has 162 valence electrons. The standard InChI is InChI=1S/C26H21N5O2/c1-17-29-24-5-3-2-4-22(24)26(33)31(17)21-12-10-20(11-13-21)25(32)27-16-18-6-8-19(9-7-18)23-14-15-28-30-23/h2-15H,16H2,1H3,(H,27,32)(H,28,30). The number of nitrogens with one attached hydrogen (secondary N) is 2. The Morgan fingerprint density at radius 1 is 0.970 bits per heavy atom. The molecule has 0 saturated carbocycles. The highest BCUT2D eigenvalue weighted by atomic mass is 16.1. The third kappa shape index (κ3) is 4.04. The van der Waals surface area contributed by atoms with Crippen molar-refractivity contribution >= 4 is 16.8 Å². The number of aryl methyl sites for hydroxylation is 1. The van der Waals surface area contributed by atoms with Crippen molar-refractivity contribution in [3.63, 3.8) is 0 Å². The molecule has 0 radical (unpaired) electrons. The number of fused-ring (bicyclic) bond motifs is 1. The largest absolute Gasteiger partial charge is 0.348 e. The number of nitrogens with zero attached hydrogens (tertiary/aromatic N) is 3. The quantitative estimate of drug-likeness (QED) is 0.436. The van der Waals surface area contributed by atoms with Crippen LogP contribution in [0.1, 0.15) is 21.7 Å². The first-order valence-electron chi connectivity index (χ1n) is 10.6. The van der Waals surface area contributed by atoms with Gasteiger partial charge >= 0.3 is 0 Å². The zero-order valence-corrected chi connectivity index (χ0v) is 17.9. The molecule has 3 aromatic carbocycles. The van der Waals surface area contributed by atoms with Crippen molar-refractivity contribution in [3.05, 3.63) is 112 Å². The van der Waals surface area contributed by atoms with Crippen LogP contribution in [0.25, 0.3) is 27.8 Å². The summed E-state index contributed by atoms with van der Waals surface area (Å²) in [4.78, 5) is 30.1. The van der Waals surface area contributed by atoms with Crippen LogP contribution in [0.15, 0.2) is 89.9 Å². The van der Waals surface area contributed by atoms with E-state index in [9.17, 15) is 9.59 Å². The van der Waals surface area contributed by atoms with Crippen LogP contribution < -0.4 is 10.9 Å². The predicted molar refractivity (Wildman–Crippen MR) is 127 cm³/mol. The van der Waals surface area contributed by atoms with Gasteiger partial charge in [0.2, 0.25) is 0 Å². The van der Waals surface area contributed by atoms with Gasteiger partial charge in [-0.1, -0.05) is 36.4 Å². The summed E-state index contributed by atoms with van der Waals surface area (Å²) in [5.41, 5.74) is 4.70. The van der Waals surface area contributed by atoms with E-state index in [1.165, 1.54) is 0 Å². The van der Waals surface area contributed by atoms with E-state index in [1.807, 2.05) is 48.5 Å². The molecular formula is C26H21N5O2. The molecule has 1 amide bonds. The van der Waals surface area contributed by atoms with E-state index in [0.29, 0.717) is 34.5 Å². The minimum atomic E-state index is -0.181. The number of carbonyl (C=O) groups excluding carboxylic acids is 1. The van der Waals surface area contributed by atoms with Crippen molar-refractivity contribution < 1.29 is 4.79 Å². The number of aromatic nitrogens is 4. The first kappa shape index (κ1) is 20.4. The first-order chi connectivity index (χ1) is 16.1. The van der Waals surface area contributed by atoms with Gasteiger partial charge in [0.25, 0.3) is 11.5 Å². The van der Waals surface area contributed by atoms with E-state index in [2.05, 4.69) is 20.5 Å². The lowest BCUT2D eigenvalue weighted by Gasteiger charge is -2.12. The molecule has 2 N–H and O–H groups in total. The summed E-state index contributed by atoms with van der Waals surface area (Å²) < 4.78 is 1.56. The molecule has 0 aliphatic rings. The second-order valence-corrected chi connectivity index (χ2v) is 7.71. The van der Waals surface area contributed by atoms with Gasteiger partial charge in [0.15, 0.2) is 0 Å². The van der Waals surface area contributed by atoms with E-state index in [4.69, 9.17) is 0 Å². The van der Waals surface area contributed by atoms with Gasteiger partial charge in [-0.15, -0.1) is 0 Å². The lowest BCUT2D eigenvalue weighted by molar-refractivity contribution is 0.0951. The zero-order chi connectivity index (χ0) is 22.8. The van der Waals surface area contributed by atoms with Crippen LogP contribution in [0, 0.1) is 6.92 Å². The van der Waals surface area contributed by atoms with Gasteiger partial charge in [-0.05, 0) is 60.5 Å². The van der Waals surface area contributed by atoms with E-state index in [0.717, 1.165) is 16.8 Å². The Kier molecular flexibility index (Phi) is 5.28. The second kappa shape index (κ2) is 8.55. The van der Waals surface area contributed by atoms with E-state index >= 15 is 0 Å². The molecule has 0 aliphatic heterocycles. The van der Waals surface area contributed by atoms with E-state index in [-0.39, 0.29) is 11.5 Å². The minimum Gasteiger partial charge on any atom is -0.348 e. The van der Waals surface area contributed by atoms with Gasteiger partial charge in [-0.25, -0.2) is 4.98 Å². The van der Waals surface area contributed by atoms with Crippen LogP contribution >= 0.6 is 0 Å². The molecule has 7 nitrogen and oxygen atoms in total.